The zero-order valence-corrected chi connectivity index (χ0v) is 17.8. The number of carbonyl (C=O) groups excluding carboxylic acids is 1. The molecule has 9 nitrogen and oxygen atoms in total. The molecule has 0 unspecified atom stereocenters. The first-order valence-corrected chi connectivity index (χ1v) is 10.1. The number of morpholine rings is 1. The maximum absolute atomic E-state index is 12.4. The highest BCUT2D eigenvalue weighted by Crippen LogP contribution is 2.23. The minimum atomic E-state index is -0.406. The molecule has 1 amide bonds. The van der Waals surface area contributed by atoms with Gasteiger partial charge < -0.3 is 10.1 Å². The quantitative estimate of drug-likeness (QED) is 0.676. The van der Waals surface area contributed by atoms with E-state index in [1.807, 2.05) is 24.3 Å². The van der Waals surface area contributed by atoms with Crippen LogP contribution in [0.25, 0.3) is 11.0 Å². The van der Waals surface area contributed by atoms with Gasteiger partial charge in [0, 0.05) is 46.3 Å². The fourth-order valence-corrected chi connectivity index (χ4v) is 3.83. The fraction of sp³-hybridized carbons (Fsp3) is 0.364. The number of fused-ring (bicyclic) bond motifs is 1. The molecule has 0 spiro atoms. The van der Waals surface area contributed by atoms with E-state index in [2.05, 4.69) is 15.2 Å². The Kier molecular flexibility index (Phi) is 5.71. The van der Waals surface area contributed by atoms with Gasteiger partial charge in [-0.2, -0.15) is 0 Å². The van der Waals surface area contributed by atoms with Crippen molar-refractivity contribution in [3.8, 4) is 0 Å². The summed E-state index contributed by atoms with van der Waals surface area (Å²) in [5, 5.41) is 3.17. The minimum absolute atomic E-state index is 0.0954. The predicted octanol–water partition coefficient (Wildman–Crippen LogP) is 1.16. The molecule has 31 heavy (non-hydrogen) atoms. The summed E-state index contributed by atoms with van der Waals surface area (Å²) < 4.78 is 8.41. The van der Waals surface area contributed by atoms with Gasteiger partial charge in [-0.15, -0.1) is 0 Å². The summed E-state index contributed by atoms with van der Waals surface area (Å²) in [5.74, 6) is -0.0954. The second kappa shape index (κ2) is 8.44. The molecule has 0 radical (unpaired) electrons. The molecule has 162 valence electrons. The average Bonchev–Trinajstić information content (AvgIpc) is 2.77. The number of benzene rings is 1. The molecule has 3 aromatic rings. The Morgan fingerprint density at radius 3 is 2.58 bits per heavy atom. The SMILES string of the molecule is CC(=O)Nc1ccc(CN2CCO[C@@H](c3ccc4c(=O)n(C)c(=O)n(C)c4n3)C2)cc1. The Balaban J connectivity index is 1.53. The number of amides is 1. The largest absolute Gasteiger partial charge is 0.369 e. The molecule has 0 saturated carbocycles. The number of nitrogens with one attached hydrogen (secondary N) is 1. The van der Waals surface area contributed by atoms with Crippen LogP contribution in [0.15, 0.2) is 46.0 Å². The predicted molar refractivity (Wildman–Crippen MR) is 117 cm³/mol. The lowest BCUT2D eigenvalue weighted by molar-refractivity contribution is -0.114. The summed E-state index contributed by atoms with van der Waals surface area (Å²) in [6, 6.07) is 11.3. The maximum Gasteiger partial charge on any atom is 0.332 e. The maximum atomic E-state index is 12.4. The monoisotopic (exact) mass is 423 g/mol. The lowest BCUT2D eigenvalue weighted by Crippen LogP contribution is -2.39. The Morgan fingerprint density at radius 1 is 1.13 bits per heavy atom. The van der Waals surface area contributed by atoms with Crippen LogP contribution in [-0.2, 0) is 30.2 Å². The number of pyridine rings is 1. The van der Waals surface area contributed by atoms with Crippen molar-refractivity contribution in [3.05, 3.63) is 68.5 Å². The lowest BCUT2D eigenvalue weighted by Gasteiger charge is -2.32. The van der Waals surface area contributed by atoms with Gasteiger partial charge in [-0.1, -0.05) is 12.1 Å². The van der Waals surface area contributed by atoms with Crippen LogP contribution >= 0.6 is 0 Å². The standard InChI is InChI=1S/C22H25N5O4/c1-14(28)23-16-6-4-15(5-7-16)12-27-10-11-31-19(13-27)18-9-8-17-20(24-18)25(2)22(30)26(3)21(17)29/h4-9,19H,10-13H2,1-3H3,(H,23,28)/t19-/m1/s1. The highest BCUT2D eigenvalue weighted by atomic mass is 16.5. The number of hydrogen-bond acceptors (Lipinski definition) is 6. The Morgan fingerprint density at radius 2 is 1.87 bits per heavy atom. The van der Waals surface area contributed by atoms with E-state index in [1.54, 1.807) is 19.2 Å². The first-order valence-electron chi connectivity index (χ1n) is 10.1. The van der Waals surface area contributed by atoms with Gasteiger partial charge in [0.25, 0.3) is 5.56 Å². The molecule has 4 rings (SSSR count). The van der Waals surface area contributed by atoms with Crippen molar-refractivity contribution < 1.29 is 9.53 Å². The van der Waals surface area contributed by atoms with Gasteiger partial charge in [0.1, 0.15) is 11.8 Å². The van der Waals surface area contributed by atoms with E-state index in [0.717, 1.165) is 28.9 Å². The Labute approximate surface area is 178 Å². The summed E-state index contributed by atoms with van der Waals surface area (Å²) in [6.07, 6.45) is -0.254. The van der Waals surface area contributed by atoms with Crippen LogP contribution in [0.3, 0.4) is 0 Å². The summed E-state index contributed by atoms with van der Waals surface area (Å²) in [4.78, 5) is 42.7. The fourth-order valence-electron chi connectivity index (χ4n) is 3.83. The molecule has 1 aromatic carbocycles. The summed E-state index contributed by atoms with van der Waals surface area (Å²) in [6.45, 7) is 4.22. The third-order valence-corrected chi connectivity index (χ3v) is 5.48. The molecule has 1 fully saturated rings. The van der Waals surface area contributed by atoms with Crippen molar-refractivity contribution in [1.29, 1.82) is 0 Å². The van der Waals surface area contributed by atoms with Crippen molar-refractivity contribution in [2.75, 3.05) is 25.0 Å². The zero-order chi connectivity index (χ0) is 22.1. The molecule has 1 aliphatic rings. The van der Waals surface area contributed by atoms with Gasteiger partial charge in [0.15, 0.2) is 0 Å². The van der Waals surface area contributed by atoms with Crippen molar-refractivity contribution in [2.24, 2.45) is 14.1 Å². The lowest BCUT2D eigenvalue weighted by atomic mass is 10.1. The molecule has 3 heterocycles. The Hall–Kier alpha value is -3.30. The summed E-state index contributed by atoms with van der Waals surface area (Å²) >= 11 is 0. The molecule has 0 bridgehead atoms. The molecule has 1 saturated heterocycles. The van der Waals surface area contributed by atoms with E-state index < -0.39 is 5.69 Å². The van der Waals surface area contributed by atoms with Crippen LogP contribution < -0.4 is 16.6 Å². The highest BCUT2D eigenvalue weighted by Gasteiger charge is 2.24. The number of nitrogens with zero attached hydrogens (tertiary/aromatic N) is 4. The molecule has 9 heteroatoms. The highest BCUT2D eigenvalue weighted by molar-refractivity contribution is 5.88. The normalized spacial score (nSPS) is 17.1. The topological polar surface area (TPSA) is 98.5 Å². The van der Waals surface area contributed by atoms with Crippen LogP contribution in [0.5, 0.6) is 0 Å². The van der Waals surface area contributed by atoms with E-state index >= 15 is 0 Å². The molecule has 0 aliphatic carbocycles. The second-order valence-electron chi connectivity index (χ2n) is 7.79. The van der Waals surface area contributed by atoms with Crippen molar-refractivity contribution in [3.63, 3.8) is 0 Å². The number of rotatable bonds is 4. The van der Waals surface area contributed by atoms with Crippen molar-refractivity contribution in [2.45, 2.75) is 19.6 Å². The number of carbonyl (C=O) groups is 1. The van der Waals surface area contributed by atoms with Gasteiger partial charge in [0.2, 0.25) is 5.91 Å². The molecular formula is C22H25N5O4. The number of aryl methyl sites for hydroxylation is 1. The van der Waals surface area contributed by atoms with Crippen molar-refractivity contribution in [1.82, 2.24) is 19.0 Å². The number of anilines is 1. The van der Waals surface area contributed by atoms with Crippen LogP contribution in [0.2, 0.25) is 0 Å². The number of ether oxygens (including phenoxy) is 1. The third kappa shape index (κ3) is 4.28. The molecule has 1 atom stereocenters. The Bertz CT molecular complexity index is 1250. The molecular weight excluding hydrogens is 398 g/mol. The van der Waals surface area contributed by atoms with Crippen LogP contribution in [0, 0.1) is 0 Å². The van der Waals surface area contributed by atoms with E-state index in [0.29, 0.717) is 29.9 Å². The zero-order valence-electron chi connectivity index (χ0n) is 17.8. The average molecular weight is 423 g/mol. The van der Waals surface area contributed by atoms with E-state index in [-0.39, 0.29) is 17.6 Å². The summed E-state index contributed by atoms with van der Waals surface area (Å²) in [5.41, 5.74) is 2.20. The van der Waals surface area contributed by atoms with Gasteiger partial charge in [-0.25, -0.2) is 9.78 Å². The van der Waals surface area contributed by atoms with Gasteiger partial charge in [0.05, 0.1) is 17.7 Å². The van der Waals surface area contributed by atoms with E-state index in [9.17, 15) is 14.4 Å². The van der Waals surface area contributed by atoms with E-state index in [1.165, 1.54) is 18.5 Å². The van der Waals surface area contributed by atoms with E-state index in [4.69, 9.17) is 4.74 Å². The van der Waals surface area contributed by atoms with Gasteiger partial charge >= 0.3 is 5.69 Å². The third-order valence-electron chi connectivity index (χ3n) is 5.48. The first kappa shape index (κ1) is 21.0. The second-order valence-corrected chi connectivity index (χ2v) is 7.79. The number of aromatic nitrogens is 3. The van der Waals surface area contributed by atoms with Crippen LogP contribution in [0.4, 0.5) is 5.69 Å². The minimum Gasteiger partial charge on any atom is -0.369 e. The van der Waals surface area contributed by atoms with Gasteiger partial charge in [-0.05, 0) is 29.8 Å². The molecule has 1 aliphatic heterocycles. The van der Waals surface area contributed by atoms with Crippen LogP contribution in [0.1, 0.15) is 24.3 Å². The number of hydrogen-bond donors (Lipinski definition) is 1. The first-order chi connectivity index (χ1) is 14.8. The molecule has 2 aromatic heterocycles. The molecule has 1 N–H and O–H groups in total. The van der Waals surface area contributed by atoms with Gasteiger partial charge in [-0.3, -0.25) is 23.6 Å². The summed E-state index contributed by atoms with van der Waals surface area (Å²) in [7, 11) is 3.07. The van der Waals surface area contributed by atoms with Crippen molar-refractivity contribution >= 4 is 22.6 Å². The van der Waals surface area contributed by atoms with Crippen LogP contribution in [-0.4, -0.2) is 44.6 Å². The smallest absolute Gasteiger partial charge is 0.332 e.